The van der Waals surface area contributed by atoms with Crippen LogP contribution < -0.4 is 0 Å². The van der Waals surface area contributed by atoms with Crippen LogP contribution >= 0.6 is 11.3 Å². The molecule has 1 heteroatoms. The van der Waals surface area contributed by atoms with E-state index >= 15 is 0 Å². The van der Waals surface area contributed by atoms with Crippen molar-refractivity contribution in [2.75, 3.05) is 0 Å². The first-order valence-corrected chi connectivity index (χ1v) is 9.97. The summed E-state index contributed by atoms with van der Waals surface area (Å²) in [6.45, 7) is 4.52. The molecule has 0 fully saturated rings. The molecule has 0 spiro atoms. The third-order valence-electron chi connectivity index (χ3n) is 5.27. The van der Waals surface area contributed by atoms with E-state index in [0.717, 1.165) is 0 Å². The zero-order valence-corrected chi connectivity index (χ0v) is 15.8. The number of hydrogen-bond donors (Lipinski definition) is 0. The van der Waals surface area contributed by atoms with E-state index < -0.39 is 0 Å². The number of fused-ring (bicyclic) bond motifs is 4. The van der Waals surface area contributed by atoms with E-state index in [4.69, 9.17) is 0 Å². The van der Waals surface area contributed by atoms with Gasteiger partial charge in [0.25, 0.3) is 0 Å². The molecule has 0 bridgehead atoms. The van der Waals surface area contributed by atoms with Crippen molar-refractivity contribution in [3.63, 3.8) is 0 Å². The summed E-state index contributed by atoms with van der Waals surface area (Å²) >= 11 is 1.88. The first kappa shape index (κ1) is 15.6. The highest BCUT2D eigenvalue weighted by molar-refractivity contribution is 7.25. The second kappa shape index (κ2) is 5.96. The highest BCUT2D eigenvalue weighted by Gasteiger charge is 2.13. The summed E-state index contributed by atoms with van der Waals surface area (Å²) in [5.74, 6) is 0.533. The minimum absolute atomic E-state index is 0.533. The van der Waals surface area contributed by atoms with Gasteiger partial charge in [-0.2, -0.15) is 0 Å². The predicted octanol–water partition coefficient (Wildman–Crippen LogP) is 8.00. The van der Waals surface area contributed by atoms with Crippen LogP contribution in [0, 0.1) is 0 Å². The van der Waals surface area contributed by atoms with Crippen molar-refractivity contribution in [3.8, 4) is 11.1 Å². The number of benzene rings is 4. The van der Waals surface area contributed by atoms with Gasteiger partial charge in [-0.1, -0.05) is 80.6 Å². The molecule has 0 atom stereocenters. The third kappa shape index (κ3) is 2.35. The van der Waals surface area contributed by atoms with Crippen LogP contribution in [0.25, 0.3) is 42.1 Å². The monoisotopic (exact) mass is 352 g/mol. The molecule has 1 aromatic heterocycles. The Hall–Kier alpha value is -2.64. The van der Waals surface area contributed by atoms with E-state index in [1.54, 1.807) is 0 Å². The molecule has 0 radical (unpaired) electrons. The van der Waals surface area contributed by atoms with Crippen LogP contribution in [0.3, 0.4) is 0 Å². The van der Waals surface area contributed by atoms with Gasteiger partial charge in [0, 0.05) is 20.2 Å². The molecule has 4 aromatic carbocycles. The molecule has 1 heterocycles. The largest absolute Gasteiger partial charge is 0.135 e. The van der Waals surface area contributed by atoms with E-state index in [1.165, 1.54) is 47.6 Å². The van der Waals surface area contributed by atoms with E-state index in [-0.39, 0.29) is 0 Å². The lowest BCUT2D eigenvalue weighted by Gasteiger charge is -2.12. The molecule has 0 saturated carbocycles. The topological polar surface area (TPSA) is 0 Å². The fourth-order valence-electron chi connectivity index (χ4n) is 3.88. The number of thiophene rings is 1. The molecule has 26 heavy (non-hydrogen) atoms. The Bertz CT molecular complexity index is 1260. The second-order valence-corrected chi connectivity index (χ2v) is 8.30. The molecule has 5 rings (SSSR count). The normalized spacial score (nSPS) is 11.8. The molecule has 0 aliphatic rings. The van der Waals surface area contributed by atoms with Crippen molar-refractivity contribution in [2.45, 2.75) is 19.8 Å². The number of hydrogen-bond acceptors (Lipinski definition) is 1. The predicted molar refractivity (Wildman–Crippen MR) is 116 cm³/mol. The molecule has 0 aliphatic heterocycles. The van der Waals surface area contributed by atoms with Crippen LogP contribution in [0.4, 0.5) is 0 Å². The molecule has 0 N–H and O–H groups in total. The molecule has 0 unspecified atom stereocenters. The van der Waals surface area contributed by atoms with Crippen molar-refractivity contribution in [3.05, 3.63) is 84.4 Å². The van der Waals surface area contributed by atoms with Gasteiger partial charge >= 0.3 is 0 Å². The summed E-state index contributed by atoms with van der Waals surface area (Å²) in [6, 6.07) is 29.0. The zero-order valence-electron chi connectivity index (χ0n) is 15.0. The molecule has 0 aliphatic carbocycles. The second-order valence-electron chi connectivity index (χ2n) is 7.22. The molecular formula is C25H20S. The van der Waals surface area contributed by atoms with Gasteiger partial charge in [0.1, 0.15) is 0 Å². The van der Waals surface area contributed by atoms with Crippen molar-refractivity contribution in [2.24, 2.45) is 0 Å². The Labute approximate surface area is 157 Å². The smallest absolute Gasteiger partial charge is 0.0361 e. The van der Waals surface area contributed by atoms with E-state index in [9.17, 15) is 0 Å². The molecule has 5 aromatic rings. The van der Waals surface area contributed by atoms with Gasteiger partial charge < -0.3 is 0 Å². The summed E-state index contributed by atoms with van der Waals surface area (Å²) in [7, 11) is 0. The Morgan fingerprint density at radius 3 is 2.31 bits per heavy atom. The SMILES string of the molecule is CC(C)c1ccc2cccc(-c3cccc4sc5ccccc5c34)c2c1. The van der Waals surface area contributed by atoms with Crippen LogP contribution in [-0.4, -0.2) is 0 Å². The van der Waals surface area contributed by atoms with Crippen molar-refractivity contribution in [1.82, 2.24) is 0 Å². The van der Waals surface area contributed by atoms with Gasteiger partial charge in [0.15, 0.2) is 0 Å². The summed E-state index contributed by atoms with van der Waals surface area (Å²) < 4.78 is 2.72. The third-order valence-corrected chi connectivity index (χ3v) is 6.40. The maximum Gasteiger partial charge on any atom is 0.0361 e. The molecule has 0 amide bonds. The minimum Gasteiger partial charge on any atom is -0.135 e. The lowest BCUT2D eigenvalue weighted by molar-refractivity contribution is 0.869. The first-order chi connectivity index (χ1) is 12.7. The summed E-state index contributed by atoms with van der Waals surface area (Å²) in [4.78, 5) is 0. The van der Waals surface area contributed by atoms with E-state index in [1.807, 2.05) is 11.3 Å². The number of rotatable bonds is 2. The van der Waals surface area contributed by atoms with Gasteiger partial charge in [0.2, 0.25) is 0 Å². The van der Waals surface area contributed by atoms with Crippen LogP contribution in [0.2, 0.25) is 0 Å². The molecule has 126 valence electrons. The fourth-order valence-corrected chi connectivity index (χ4v) is 5.02. The Kier molecular flexibility index (Phi) is 3.58. The van der Waals surface area contributed by atoms with Crippen LogP contribution in [0.15, 0.2) is 78.9 Å². The summed E-state index contributed by atoms with van der Waals surface area (Å²) in [5, 5.41) is 5.40. The van der Waals surface area contributed by atoms with Gasteiger partial charge in [-0.05, 0) is 45.5 Å². The molecule has 0 nitrogen and oxygen atoms in total. The van der Waals surface area contributed by atoms with Gasteiger partial charge in [0.05, 0.1) is 0 Å². The van der Waals surface area contributed by atoms with Crippen molar-refractivity contribution in [1.29, 1.82) is 0 Å². The lowest BCUT2D eigenvalue weighted by Crippen LogP contribution is -1.89. The molecule has 0 saturated heterocycles. The average Bonchev–Trinajstić information content (AvgIpc) is 3.06. The molecular weight excluding hydrogens is 332 g/mol. The summed E-state index contributed by atoms with van der Waals surface area (Å²) in [6.07, 6.45) is 0. The van der Waals surface area contributed by atoms with Crippen LogP contribution in [0.1, 0.15) is 25.3 Å². The standard InChI is InChI=1S/C25H20S/c1-16(2)18-14-13-17-7-5-9-19(22(17)15-18)20-10-6-12-24-25(20)21-8-3-4-11-23(21)26-24/h3-16H,1-2H3. The van der Waals surface area contributed by atoms with Crippen LogP contribution in [0.5, 0.6) is 0 Å². The van der Waals surface area contributed by atoms with Crippen molar-refractivity contribution < 1.29 is 0 Å². The highest BCUT2D eigenvalue weighted by Crippen LogP contribution is 2.41. The van der Waals surface area contributed by atoms with Gasteiger partial charge in [-0.15, -0.1) is 11.3 Å². The average molecular weight is 353 g/mol. The Morgan fingerprint density at radius 2 is 1.42 bits per heavy atom. The Balaban J connectivity index is 1.90. The maximum absolute atomic E-state index is 2.38. The van der Waals surface area contributed by atoms with E-state index in [2.05, 4.69) is 92.7 Å². The maximum atomic E-state index is 2.38. The quantitative estimate of drug-likeness (QED) is 0.302. The lowest BCUT2D eigenvalue weighted by atomic mass is 9.92. The van der Waals surface area contributed by atoms with Crippen molar-refractivity contribution >= 4 is 42.3 Å². The first-order valence-electron chi connectivity index (χ1n) is 9.16. The van der Waals surface area contributed by atoms with Crippen LogP contribution in [-0.2, 0) is 0 Å². The summed E-state index contributed by atoms with van der Waals surface area (Å²) in [5.41, 5.74) is 4.07. The fraction of sp³-hybridized carbons (Fsp3) is 0.120. The Morgan fingerprint density at radius 1 is 0.654 bits per heavy atom. The van der Waals surface area contributed by atoms with Gasteiger partial charge in [-0.25, -0.2) is 0 Å². The minimum atomic E-state index is 0.533. The highest BCUT2D eigenvalue weighted by atomic mass is 32.1. The zero-order chi connectivity index (χ0) is 17.7. The van der Waals surface area contributed by atoms with Gasteiger partial charge in [-0.3, -0.25) is 0 Å². The van der Waals surface area contributed by atoms with E-state index in [0.29, 0.717) is 5.92 Å².